The summed E-state index contributed by atoms with van der Waals surface area (Å²) in [5, 5.41) is 6.30. The molecule has 2 heterocycles. The molecule has 2 aromatic carbocycles. The fraction of sp³-hybridized carbons (Fsp3) is 0.360. The first-order valence-electron chi connectivity index (χ1n) is 11.0. The van der Waals surface area contributed by atoms with Gasteiger partial charge in [0.05, 0.1) is 5.52 Å². The second kappa shape index (κ2) is 9.38. The Bertz CT molecular complexity index is 1290. The number of fused-ring (bicyclic) bond motifs is 3. The third-order valence-electron chi connectivity index (χ3n) is 5.59. The molecular weight excluding hydrogens is 418 g/mol. The molecule has 0 fully saturated rings. The maximum absolute atomic E-state index is 12.9. The van der Waals surface area contributed by atoms with Crippen molar-refractivity contribution in [2.75, 3.05) is 12.3 Å². The van der Waals surface area contributed by atoms with E-state index in [1.54, 1.807) is 16.3 Å². The normalized spacial score (nSPS) is 12.0. The van der Waals surface area contributed by atoms with Gasteiger partial charge in [-0.3, -0.25) is 9.69 Å². The van der Waals surface area contributed by atoms with E-state index in [0.29, 0.717) is 23.4 Å². The van der Waals surface area contributed by atoms with Crippen molar-refractivity contribution in [2.45, 2.75) is 51.9 Å². The van der Waals surface area contributed by atoms with Crippen LogP contribution in [-0.4, -0.2) is 48.9 Å². The van der Waals surface area contributed by atoms with Crippen molar-refractivity contribution in [3.8, 4) is 11.3 Å². The molecule has 0 saturated carbocycles. The summed E-state index contributed by atoms with van der Waals surface area (Å²) in [4.78, 5) is 24.7. The molecule has 0 radical (unpaired) electrons. The summed E-state index contributed by atoms with van der Waals surface area (Å²) in [6.45, 7) is 11.8. The van der Waals surface area contributed by atoms with Crippen molar-refractivity contribution in [2.24, 2.45) is 0 Å². The van der Waals surface area contributed by atoms with Crippen LogP contribution in [0.1, 0.15) is 33.3 Å². The Balaban J connectivity index is 1.80. The molecule has 0 unspecified atom stereocenters. The second-order valence-corrected chi connectivity index (χ2v) is 9.61. The second-order valence-electron chi connectivity index (χ2n) is 8.55. The van der Waals surface area contributed by atoms with Gasteiger partial charge in [0.25, 0.3) is 5.56 Å². The van der Waals surface area contributed by atoms with E-state index in [1.807, 2.05) is 55.5 Å². The molecule has 0 aliphatic rings. The van der Waals surface area contributed by atoms with Gasteiger partial charge in [-0.15, -0.1) is 0 Å². The molecule has 0 N–H and O–H groups in total. The van der Waals surface area contributed by atoms with Crippen LogP contribution >= 0.6 is 11.8 Å². The fourth-order valence-electron chi connectivity index (χ4n) is 3.95. The van der Waals surface area contributed by atoms with Crippen molar-refractivity contribution in [3.05, 3.63) is 64.4 Å². The number of para-hydroxylation sites is 1. The Morgan fingerprint density at radius 3 is 2.34 bits per heavy atom. The van der Waals surface area contributed by atoms with Crippen molar-refractivity contribution in [1.82, 2.24) is 24.5 Å². The molecule has 6 nitrogen and oxygen atoms in total. The zero-order valence-electron chi connectivity index (χ0n) is 19.2. The Kier molecular flexibility index (Phi) is 6.58. The predicted molar refractivity (Wildman–Crippen MR) is 132 cm³/mol. The van der Waals surface area contributed by atoms with E-state index in [0.717, 1.165) is 39.5 Å². The van der Waals surface area contributed by atoms with Crippen LogP contribution in [0.15, 0.2) is 58.5 Å². The topological polar surface area (TPSA) is 63.4 Å². The lowest BCUT2D eigenvalue weighted by Crippen LogP contribution is -2.38. The van der Waals surface area contributed by atoms with E-state index < -0.39 is 0 Å². The molecule has 4 rings (SSSR count). The maximum Gasteiger partial charge on any atom is 0.300 e. The fourth-order valence-corrected chi connectivity index (χ4v) is 4.84. The maximum atomic E-state index is 12.9. The summed E-state index contributed by atoms with van der Waals surface area (Å²) >= 11 is 1.65. The van der Waals surface area contributed by atoms with Crippen LogP contribution in [0, 0.1) is 6.92 Å². The first-order valence-corrected chi connectivity index (χ1v) is 12.0. The van der Waals surface area contributed by atoms with Crippen molar-refractivity contribution >= 4 is 28.3 Å². The molecule has 32 heavy (non-hydrogen) atoms. The lowest BCUT2D eigenvalue weighted by atomic mass is 10.1. The Morgan fingerprint density at radius 2 is 1.66 bits per heavy atom. The zero-order valence-corrected chi connectivity index (χ0v) is 20.1. The molecule has 0 amide bonds. The highest BCUT2D eigenvalue weighted by Crippen LogP contribution is 2.24. The molecule has 0 bridgehead atoms. The minimum Gasteiger partial charge on any atom is -0.298 e. The van der Waals surface area contributed by atoms with Crippen LogP contribution in [0.25, 0.3) is 27.8 Å². The lowest BCUT2D eigenvalue weighted by Gasteiger charge is -2.30. The molecule has 0 aliphatic carbocycles. The van der Waals surface area contributed by atoms with Crippen LogP contribution in [0.4, 0.5) is 0 Å². The third-order valence-corrected chi connectivity index (χ3v) is 6.49. The monoisotopic (exact) mass is 447 g/mol. The summed E-state index contributed by atoms with van der Waals surface area (Å²) in [7, 11) is 0. The largest absolute Gasteiger partial charge is 0.300 e. The van der Waals surface area contributed by atoms with Gasteiger partial charge in [0, 0.05) is 35.3 Å². The molecule has 166 valence electrons. The number of rotatable bonds is 7. The molecular formula is C25H29N5OS. The Morgan fingerprint density at radius 1 is 0.969 bits per heavy atom. The van der Waals surface area contributed by atoms with E-state index in [4.69, 9.17) is 10.1 Å². The number of thioether (sulfide) groups is 1. The van der Waals surface area contributed by atoms with Crippen LogP contribution in [0.3, 0.4) is 0 Å². The number of hydrogen-bond acceptors (Lipinski definition) is 6. The first-order chi connectivity index (χ1) is 15.3. The number of aryl methyl sites for hydroxylation is 1. The quantitative estimate of drug-likeness (QED) is 0.230. The van der Waals surface area contributed by atoms with Gasteiger partial charge in [-0.25, -0.2) is 4.98 Å². The minimum absolute atomic E-state index is 0.327. The Labute approximate surface area is 192 Å². The molecule has 0 aliphatic heterocycles. The molecule has 4 aromatic rings. The number of aromatic nitrogens is 4. The highest BCUT2D eigenvalue weighted by atomic mass is 32.2. The SMILES string of the molecule is Cc1ccc(-c2nn3c(SCCN(C(C)C)C(C)C)nc4ccccc4c3nc2=O)cc1. The summed E-state index contributed by atoms with van der Waals surface area (Å²) < 4.78 is 1.73. The van der Waals surface area contributed by atoms with E-state index in [-0.39, 0.29) is 5.56 Å². The van der Waals surface area contributed by atoms with Crippen LogP contribution < -0.4 is 5.56 Å². The van der Waals surface area contributed by atoms with Crippen molar-refractivity contribution < 1.29 is 0 Å². The molecule has 0 atom stereocenters. The van der Waals surface area contributed by atoms with Gasteiger partial charge in [0.1, 0.15) is 0 Å². The van der Waals surface area contributed by atoms with Gasteiger partial charge in [-0.1, -0.05) is 53.7 Å². The Hall–Kier alpha value is -2.77. The van der Waals surface area contributed by atoms with E-state index in [1.165, 1.54) is 0 Å². The lowest BCUT2D eigenvalue weighted by molar-refractivity contribution is 0.187. The van der Waals surface area contributed by atoms with Crippen LogP contribution in [0.2, 0.25) is 0 Å². The van der Waals surface area contributed by atoms with Crippen LogP contribution in [-0.2, 0) is 0 Å². The molecule has 7 heteroatoms. The number of benzene rings is 2. The smallest absolute Gasteiger partial charge is 0.298 e. The van der Waals surface area contributed by atoms with Gasteiger partial charge < -0.3 is 0 Å². The number of hydrogen-bond donors (Lipinski definition) is 0. The van der Waals surface area contributed by atoms with Gasteiger partial charge >= 0.3 is 0 Å². The van der Waals surface area contributed by atoms with Crippen LogP contribution in [0.5, 0.6) is 0 Å². The van der Waals surface area contributed by atoms with Crippen molar-refractivity contribution in [1.29, 1.82) is 0 Å². The molecule has 2 aromatic heterocycles. The summed E-state index contributed by atoms with van der Waals surface area (Å²) in [6.07, 6.45) is 0. The summed E-state index contributed by atoms with van der Waals surface area (Å²) in [5.74, 6) is 0.866. The van der Waals surface area contributed by atoms with E-state index in [2.05, 4.69) is 37.6 Å². The summed E-state index contributed by atoms with van der Waals surface area (Å²) in [6, 6.07) is 16.5. The minimum atomic E-state index is -0.327. The van der Waals surface area contributed by atoms with E-state index >= 15 is 0 Å². The van der Waals surface area contributed by atoms with Gasteiger partial charge in [-0.2, -0.15) is 14.6 Å². The van der Waals surface area contributed by atoms with Gasteiger partial charge in [-0.05, 0) is 46.8 Å². The summed E-state index contributed by atoms with van der Waals surface area (Å²) in [5.41, 5.74) is 3.27. The average molecular weight is 448 g/mol. The van der Waals surface area contributed by atoms with E-state index in [9.17, 15) is 4.79 Å². The molecule has 0 spiro atoms. The highest BCUT2D eigenvalue weighted by molar-refractivity contribution is 7.99. The number of nitrogens with zero attached hydrogens (tertiary/aromatic N) is 5. The average Bonchev–Trinajstić information content (AvgIpc) is 2.76. The van der Waals surface area contributed by atoms with Gasteiger partial charge in [0.15, 0.2) is 16.5 Å². The first kappa shape index (κ1) is 22.4. The predicted octanol–water partition coefficient (Wildman–Crippen LogP) is 4.82. The van der Waals surface area contributed by atoms with Gasteiger partial charge in [0.2, 0.25) is 0 Å². The highest BCUT2D eigenvalue weighted by Gasteiger charge is 2.17. The zero-order chi connectivity index (χ0) is 22.8. The molecule has 0 saturated heterocycles. The third kappa shape index (κ3) is 4.54. The standard InChI is InChI=1S/C25H29N5OS/c1-16(2)29(17(3)4)14-15-32-25-26-21-9-7-6-8-20(21)23-27-24(31)22(28-30(23)25)19-12-10-18(5)11-13-19/h6-13,16-17H,14-15H2,1-5H3. The van der Waals surface area contributed by atoms with Crippen molar-refractivity contribution in [3.63, 3.8) is 0 Å².